The molecule has 7 nitrogen and oxygen atoms in total. The zero-order valence-electron chi connectivity index (χ0n) is 11.3. The maximum absolute atomic E-state index is 12.5. The van der Waals surface area contributed by atoms with Gasteiger partial charge in [-0.2, -0.15) is 15.4 Å². The first-order chi connectivity index (χ1) is 9.73. The SMILES string of the molecule is COC1(C(=O)Nc2ccc3n[nH]nc3c2)CCNCC1. The standard InChI is InChI=1S/C13H17N5O2/c1-20-13(4-6-14-7-5-13)12(19)15-9-2-3-10-11(8-9)17-18-16-10/h2-3,8,14H,4-7H2,1H3,(H,15,19)(H,16,17,18). The van der Waals surface area contributed by atoms with E-state index in [0.717, 1.165) is 24.1 Å². The first-order valence-corrected chi connectivity index (χ1v) is 6.61. The van der Waals surface area contributed by atoms with Crippen molar-refractivity contribution in [2.75, 3.05) is 25.5 Å². The molecule has 3 N–H and O–H groups in total. The number of carbonyl (C=O) groups excluding carboxylic acids is 1. The van der Waals surface area contributed by atoms with Crippen molar-refractivity contribution in [3.63, 3.8) is 0 Å². The van der Waals surface area contributed by atoms with E-state index in [0.29, 0.717) is 18.5 Å². The molecule has 0 spiro atoms. The summed E-state index contributed by atoms with van der Waals surface area (Å²) in [5.74, 6) is -0.107. The third kappa shape index (κ3) is 2.25. The average Bonchev–Trinajstić information content (AvgIpc) is 2.95. The number of fused-ring (bicyclic) bond motifs is 1. The van der Waals surface area contributed by atoms with Crippen LogP contribution in [0.4, 0.5) is 5.69 Å². The van der Waals surface area contributed by atoms with Crippen molar-refractivity contribution >= 4 is 22.6 Å². The third-order valence-electron chi connectivity index (χ3n) is 3.79. The van der Waals surface area contributed by atoms with Crippen LogP contribution in [0.1, 0.15) is 12.8 Å². The lowest BCUT2D eigenvalue weighted by atomic mass is 9.91. The summed E-state index contributed by atoms with van der Waals surface area (Å²) in [5, 5.41) is 16.7. The average molecular weight is 275 g/mol. The fraction of sp³-hybridized carbons (Fsp3) is 0.462. The lowest BCUT2D eigenvalue weighted by molar-refractivity contribution is -0.140. The number of benzene rings is 1. The van der Waals surface area contributed by atoms with E-state index in [4.69, 9.17) is 4.74 Å². The van der Waals surface area contributed by atoms with E-state index in [1.807, 2.05) is 12.1 Å². The number of anilines is 1. The molecule has 1 aromatic carbocycles. The Balaban J connectivity index is 1.80. The van der Waals surface area contributed by atoms with Gasteiger partial charge in [0, 0.05) is 12.8 Å². The van der Waals surface area contributed by atoms with Crippen LogP contribution < -0.4 is 10.6 Å². The van der Waals surface area contributed by atoms with Gasteiger partial charge in [0.1, 0.15) is 16.6 Å². The molecule has 1 aromatic heterocycles. The van der Waals surface area contributed by atoms with E-state index >= 15 is 0 Å². The third-order valence-corrected chi connectivity index (χ3v) is 3.79. The van der Waals surface area contributed by atoms with Gasteiger partial charge in [-0.1, -0.05) is 0 Å². The number of carbonyl (C=O) groups is 1. The highest BCUT2D eigenvalue weighted by atomic mass is 16.5. The van der Waals surface area contributed by atoms with Gasteiger partial charge in [-0.05, 0) is 44.1 Å². The molecule has 0 aliphatic carbocycles. The van der Waals surface area contributed by atoms with Gasteiger partial charge in [0.25, 0.3) is 5.91 Å². The largest absolute Gasteiger partial charge is 0.368 e. The highest BCUT2D eigenvalue weighted by Gasteiger charge is 2.39. The number of ether oxygens (including phenoxy) is 1. The first kappa shape index (κ1) is 13.0. The van der Waals surface area contributed by atoms with E-state index in [1.54, 1.807) is 13.2 Å². The number of amides is 1. The maximum Gasteiger partial charge on any atom is 0.256 e. The van der Waals surface area contributed by atoms with Crippen LogP contribution in [0.3, 0.4) is 0 Å². The lowest BCUT2D eigenvalue weighted by Gasteiger charge is -2.34. The Kier molecular flexibility index (Phi) is 3.37. The molecule has 1 aliphatic heterocycles. The molecule has 2 heterocycles. The number of hydrogen-bond donors (Lipinski definition) is 3. The molecule has 1 fully saturated rings. The number of aromatic nitrogens is 3. The van der Waals surface area contributed by atoms with Gasteiger partial charge in [0.15, 0.2) is 0 Å². The number of rotatable bonds is 3. The molecule has 2 aromatic rings. The zero-order valence-corrected chi connectivity index (χ0v) is 11.3. The van der Waals surface area contributed by atoms with Gasteiger partial charge in [0.05, 0.1) is 0 Å². The van der Waals surface area contributed by atoms with Crippen LogP contribution in [0.25, 0.3) is 11.0 Å². The summed E-state index contributed by atoms with van der Waals surface area (Å²) in [7, 11) is 1.59. The molecular weight excluding hydrogens is 258 g/mol. The van der Waals surface area contributed by atoms with Crippen LogP contribution >= 0.6 is 0 Å². The summed E-state index contributed by atoms with van der Waals surface area (Å²) >= 11 is 0. The Bertz CT molecular complexity index is 618. The Morgan fingerprint density at radius 2 is 2.05 bits per heavy atom. The number of hydrogen-bond acceptors (Lipinski definition) is 5. The fourth-order valence-electron chi connectivity index (χ4n) is 2.52. The normalized spacial score (nSPS) is 18.1. The van der Waals surface area contributed by atoms with Gasteiger partial charge < -0.3 is 15.4 Å². The van der Waals surface area contributed by atoms with Crippen molar-refractivity contribution < 1.29 is 9.53 Å². The second-order valence-corrected chi connectivity index (χ2v) is 4.93. The Morgan fingerprint density at radius 3 is 2.80 bits per heavy atom. The number of piperidine rings is 1. The van der Waals surface area contributed by atoms with Crippen molar-refractivity contribution in [1.29, 1.82) is 0 Å². The van der Waals surface area contributed by atoms with Crippen LogP contribution in [0.15, 0.2) is 18.2 Å². The van der Waals surface area contributed by atoms with Gasteiger partial charge in [-0.15, -0.1) is 0 Å². The molecule has 0 bridgehead atoms. The number of methoxy groups -OCH3 is 1. The summed E-state index contributed by atoms with van der Waals surface area (Å²) in [4.78, 5) is 12.5. The Labute approximate surface area is 116 Å². The van der Waals surface area contributed by atoms with Crippen molar-refractivity contribution in [2.45, 2.75) is 18.4 Å². The van der Waals surface area contributed by atoms with E-state index in [9.17, 15) is 4.79 Å². The van der Waals surface area contributed by atoms with Crippen molar-refractivity contribution in [2.24, 2.45) is 0 Å². The second kappa shape index (κ2) is 5.18. The second-order valence-electron chi connectivity index (χ2n) is 4.93. The number of nitrogens with one attached hydrogen (secondary N) is 3. The molecule has 0 unspecified atom stereocenters. The molecule has 1 amide bonds. The molecule has 1 saturated heterocycles. The smallest absolute Gasteiger partial charge is 0.256 e. The predicted molar refractivity (Wildman–Crippen MR) is 74.4 cm³/mol. The number of nitrogens with zero attached hydrogens (tertiary/aromatic N) is 2. The topological polar surface area (TPSA) is 91.9 Å². The quantitative estimate of drug-likeness (QED) is 0.765. The Hall–Kier alpha value is -1.99. The first-order valence-electron chi connectivity index (χ1n) is 6.61. The molecule has 1 aliphatic rings. The van der Waals surface area contributed by atoms with Gasteiger partial charge >= 0.3 is 0 Å². The minimum absolute atomic E-state index is 0.107. The molecule has 20 heavy (non-hydrogen) atoms. The summed E-state index contributed by atoms with van der Waals surface area (Å²) in [6.45, 7) is 1.56. The highest BCUT2D eigenvalue weighted by molar-refractivity contribution is 5.98. The summed E-state index contributed by atoms with van der Waals surface area (Å²) in [6, 6.07) is 5.42. The Morgan fingerprint density at radius 1 is 1.30 bits per heavy atom. The van der Waals surface area contributed by atoms with Crippen LogP contribution in [0.2, 0.25) is 0 Å². The van der Waals surface area contributed by atoms with E-state index in [-0.39, 0.29) is 5.91 Å². The lowest BCUT2D eigenvalue weighted by Crippen LogP contribution is -2.51. The molecule has 0 atom stereocenters. The van der Waals surface area contributed by atoms with E-state index in [1.165, 1.54) is 0 Å². The fourth-order valence-corrected chi connectivity index (χ4v) is 2.52. The van der Waals surface area contributed by atoms with Crippen LogP contribution in [0, 0.1) is 0 Å². The van der Waals surface area contributed by atoms with Crippen molar-refractivity contribution in [1.82, 2.24) is 20.7 Å². The zero-order chi connectivity index (χ0) is 14.0. The summed E-state index contributed by atoms with van der Waals surface area (Å²) in [6.07, 6.45) is 1.34. The van der Waals surface area contributed by atoms with Crippen LogP contribution in [-0.2, 0) is 9.53 Å². The maximum atomic E-state index is 12.5. The van der Waals surface area contributed by atoms with Crippen LogP contribution in [0.5, 0.6) is 0 Å². The minimum atomic E-state index is -0.746. The highest BCUT2D eigenvalue weighted by Crippen LogP contribution is 2.25. The van der Waals surface area contributed by atoms with Crippen molar-refractivity contribution in [3.05, 3.63) is 18.2 Å². The van der Waals surface area contributed by atoms with E-state index in [2.05, 4.69) is 26.0 Å². The monoisotopic (exact) mass is 275 g/mol. The minimum Gasteiger partial charge on any atom is -0.368 e. The van der Waals surface area contributed by atoms with Gasteiger partial charge in [0.2, 0.25) is 0 Å². The molecule has 106 valence electrons. The summed E-state index contributed by atoms with van der Waals surface area (Å²) in [5.41, 5.74) is 1.45. The molecule has 7 heteroatoms. The molecular formula is C13H17N5O2. The molecule has 0 radical (unpaired) electrons. The number of aromatic amines is 1. The van der Waals surface area contributed by atoms with E-state index < -0.39 is 5.60 Å². The van der Waals surface area contributed by atoms with Gasteiger partial charge in [-0.25, -0.2) is 0 Å². The number of H-pyrrole nitrogens is 1. The van der Waals surface area contributed by atoms with Gasteiger partial charge in [-0.3, -0.25) is 4.79 Å². The summed E-state index contributed by atoms with van der Waals surface area (Å²) < 4.78 is 5.50. The predicted octanol–water partition coefficient (Wildman–Crippen LogP) is 0.665. The van der Waals surface area contributed by atoms with Crippen molar-refractivity contribution in [3.8, 4) is 0 Å². The van der Waals surface area contributed by atoms with Crippen LogP contribution in [-0.4, -0.2) is 47.1 Å². The molecule has 3 rings (SSSR count). The molecule has 0 saturated carbocycles.